The molecule has 2 amide bonds. The number of hydrogen-bond donors (Lipinski definition) is 2. The first kappa shape index (κ1) is 21.6. The van der Waals surface area contributed by atoms with E-state index in [2.05, 4.69) is 20.8 Å². The lowest BCUT2D eigenvalue weighted by molar-refractivity contribution is -0.114. The zero-order valence-electron chi connectivity index (χ0n) is 15.4. The molecule has 1 atom stereocenters. The lowest BCUT2D eigenvalue weighted by Crippen LogP contribution is -2.11. The number of thioether (sulfide) groups is 1. The summed E-state index contributed by atoms with van der Waals surface area (Å²) in [6.45, 7) is 3.51. The van der Waals surface area contributed by atoms with Gasteiger partial charge in [-0.25, -0.2) is 0 Å². The second-order valence-electron chi connectivity index (χ2n) is 6.02. The van der Waals surface area contributed by atoms with Crippen molar-refractivity contribution in [3.8, 4) is 0 Å². The van der Waals surface area contributed by atoms with Gasteiger partial charge in [0, 0.05) is 23.4 Å². The Hall–Kier alpha value is -2.13. The molecule has 1 unspecified atom stereocenters. The van der Waals surface area contributed by atoms with E-state index in [9.17, 15) is 9.59 Å². The van der Waals surface area contributed by atoms with Crippen LogP contribution in [-0.4, -0.2) is 22.0 Å². The predicted molar refractivity (Wildman–Crippen MR) is 119 cm³/mol. The Morgan fingerprint density at radius 1 is 1.07 bits per heavy atom. The number of hydrogen-bond acceptors (Lipinski definition) is 6. The molecule has 0 aliphatic rings. The van der Waals surface area contributed by atoms with E-state index in [1.807, 2.05) is 31.2 Å². The Labute approximate surface area is 186 Å². The number of carbonyl (C=O) groups is 2. The summed E-state index contributed by atoms with van der Waals surface area (Å²) in [5, 5.41) is 14.8. The average molecular weight is 467 g/mol. The summed E-state index contributed by atoms with van der Waals surface area (Å²) in [6, 6.07) is 12.3. The number of halogens is 2. The highest BCUT2D eigenvalue weighted by molar-refractivity contribution is 8.01. The maximum Gasteiger partial charge on any atom is 0.257 e. The largest absolute Gasteiger partial charge is 0.326 e. The average Bonchev–Trinajstić information content (AvgIpc) is 3.10. The van der Waals surface area contributed by atoms with Gasteiger partial charge < -0.3 is 5.32 Å². The van der Waals surface area contributed by atoms with Gasteiger partial charge in [0.25, 0.3) is 5.91 Å². The fourth-order valence-corrected chi connectivity index (χ4v) is 4.71. The van der Waals surface area contributed by atoms with Gasteiger partial charge in [-0.05, 0) is 42.8 Å². The van der Waals surface area contributed by atoms with Crippen LogP contribution in [0.3, 0.4) is 0 Å². The highest BCUT2D eigenvalue weighted by Gasteiger charge is 2.15. The molecular weight excluding hydrogens is 451 g/mol. The van der Waals surface area contributed by atoms with E-state index < -0.39 is 0 Å². The molecule has 0 aliphatic carbocycles. The molecule has 0 spiro atoms. The highest BCUT2D eigenvalue weighted by atomic mass is 35.5. The molecule has 150 valence electrons. The van der Waals surface area contributed by atoms with Crippen LogP contribution in [0, 0.1) is 0 Å². The zero-order chi connectivity index (χ0) is 21.0. The Morgan fingerprint density at radius 3 is 2.59 bits per heavy atom. The van der Waals surface area contributed by atoms with Gasteiger partial charge in [-0.2, -0.15) is 0 Å². The molecule has 0 aliphatic heterocycles. The monoisotopic (exact) mass is 466 g/mol. The predicted octanol–water partition coefficient (Wildman–Crippen LogP) is 5.91. The number of aromatic nitrogens is 2. The highest BCUT2D eigenvalue weighted by Crippen LogP contribution is 2.38. The topological polar surface area (TPSA) is 84.0 Å². The van der Waals surface area contributed by atoms with Crippen molar-refractivity contribution >= 4 is 68.9 Å². The fourth-order valence-electron chi connectivity index (χ4n) is 2.41. The van der Waals surface area contributed by atoms with Crippen molar-refractivity contribution in [2.24, 2.45) is 0 Å². The van der Waals surface area contributed by atoms with Crippen molar-refractivity contribution < 1.29 is 9.59 Å². The molecule has 3 rings (SSSR count). The third-order valence-electron chi connectivity index (χ3n) is 3.76. The van der Waals surface area contributed by atoms with Gasteiger partial charge in [0.15, 0.2) is 4.34 Å². The first-order chi connectivity index (χ1) is 13.8. The van der Waals surface area contributed by atoms with Crippen LogP contribution in [0.2, 0.25) is 10.0 Å². The van der Waals surface area contributed by atoms with Crippen LogP contribution in [-0.2, 0) is 4.79 Å². The van der Waals surface area contributed by atoms with E-state index in [4.69, 9.17) is 23.2 Å². The molecule has 2 aromatic carbocycles. The smallest absolute Gasteiger partial charge is 0.257 e. The van der Waals surface area contributed by atoms with E-state index in [0.29, 0.717) is 25.1 Å². The van der Waals surface area contributed by atoms with Crippen molar-refractivity contribution in [1.82, 2.24) is 10.2 Å². The van der Waals surface area contributed by atoms with Crippen LogP contribution in [0.15, 0.2) is 46.8 Å². The van der Waals surface area contributed by atoms with Crippen molar-refractivity contribution in [3.05, 3.63) is 63.6 Å². The summed E-state index contributed by atoms with van der Waals surface area (Å²) in [5.74, 6) is -0.457. The maximum atomic E-state index is 12.3. The molecule has 2 N–H and O–H groups in total. The molecule has 10 heteroatoms. The number of carbonyl (C=O) groups excluding carboxylic acids is 2. The third-order valence-corrected chi connectivity index (χ3v) is 6.58. The SMILES string of the molecule is CC(=O)Nc1cccc(C(C)Sc2nnc(NC(=O)c3ccc(Cl)c(Cl)c3)s2)c1. The third kappa shape index (κ3) is 5.93. The summed E-state index contributed by atoms with van der Waals surface area (Å²) >= 11 is 14.6. The van der Waals surface area contributed by atoms with E-state index in [1.54, 1.807) is 12.1 Å². The summed E-state index contributed by atoms with van der Waals surface area (Å²) in [7, 11) is 0. The van der Waals surface area contributed by atoms with Gasteiger partial charge in [0.1, 0.15) is 0 Å². The molecular formula is C19H16Cl2N4O2S2. The quantitative estimate of drug-likeness (QED) is 0.348. The summed E-state index contributed by atoms with van der Waals surface area (Å²) in [6.07, 6.45) is 0. The molecule has 0 bridgehead atoms. The Bertz CT molecular complexity index is 1060. The Morgan fingerprint density at radius 2 is 1.86 bits per heavy atom. The minimum absolute atomic E-state index is 0.0790. The molecule has 3 aromatic rings. The van der Waals surface area contributed by atoms with Gasteiger partial charge in [-0.1, -0.05) is 58.4 Å². The first-order valence-electron chi connectivity index (χ1n) is 8.46. The minimum Gasteiger partial charge on any atom is -0.326 e. The van der Waals surface area contributed by atoms with E-state index in [1.165, 1.54) is 36.1 Å². The fraction of sp³-hybridized carbons (Fsp3) is 0.158. The maximum absolute atomic E-state index is 12.3. The number of anilines is 2. The van der Waals surface area contributed by atoms with Crippen molar-refractivity contribution in [3.63, 3.8) is 0 Å². The zero-order valence-corrected chi connectivity index (χ0v) is 18.5. The lowest BCUT2D eigenvalue weighted by Gasteiger charge is -2.11. The van der Waals surface area contributed by atoms with Crippen LogP contribution in [0.4, 0.5) is 10.8 Å². The normalized spacial score (nSPS) is 11.7. The molecule has 0 saturated carbocycles. The van der Waals surface area contributed by atoms with Crippen molar-refractivity contribution in [2.75, 3.05) is 10.6 Å². The standard InChI is InChI=1S/C19H16Cl2N4O2S2/c1-10(12-4-3-5-14(8-12)22-11(2)26)28-19-25-24-18(29-19)23-17(27)13-6-7-15(20)16(21)9-13/h3-10H,1-2H3,(H,22,26)(H,23,24,27). The van der Waals surface area contributed by atoms with Gasteiger partial charge in [0.05, 0.1) is 10.0 Å². The summed E-state index contributed by atoms with van der Waals surface area (Å²) in [5.41, 5.74) is 2.17. The molecule has 0 radical (unpaired) electrons. The Balaban J connectivity index is 1.64. The molecule has 29 heavy (non-hydrogen) atoms. The number of rotatable bonds is 6. The molecule has 6 nitrogen and oxygen atoms in total. The van der Waals surface area contributed by atoms with E-state index in [-0.39, 0.29) is 17.1 Å². The number of nitrogens with zero attached hydrogens (tertiary/aromatic N) is 2. The van der Waals surface area contributed by atoms with E-state index >= 15 is 0 Å². The molecule has 1 aromatic heterocycles. The summed E-state index contributed by atoms with van der Waals surface area (Å²) in [4.78, 5) is 23.6. The minimum atomic E-state index is -0.340. The van der Waals surface area contributed by atoms with Gasteiger partial charge in [0.2, 0.25) is 11.0 Å². The number of benzene rings is 2. The molecule has 1 heterocycles. The number of amides is 2. The van der Waals surface area contributed by atoms with Crippen LogP contribution < -0.4 is 10.6 Å². The van der Waals surface area contributed by atoms with Crippen LogP contribution in [0.5, 0.6) is 0 Å². The van der Waals surface area contributed by atoms with Crippen molar-refractivity contribution in [1.29, 1.82) is 0 Å². The van der Waals surface area contributed by atoms with Crippen LogP contribution in [0.1, 0.15) is 35.0 Å². The first-order valence-corrected chi connectivity index (χ1v) is 10.9. The lowest BCUT2D eigenvalue weighted by atomic mass is 10.1. The summed E-state index contributed by atoms with van der Waals surface area (Å²) < 4.78 is 0.715. The van der Waals surface area contributed by atoms with Gasteiger partial charge >= 0.3 is 0 Å². The Kier molecular flexibility index (Phi) is 7.13. The molecule has 0 saturated heterocycles. The van der Waals surface area contributed by atoms with Gasteiger partial charge in [-0.15, -0.1) is 10.2 Å². The molecule has 0 fully saturated rings. The second kappa shape index (κ2) is 9.58. The van der Waals surface area contributed by atoms with Gasteiger partial charge in [-0.3, -0.25) is 14.9 Å². The van der Waals surface area contributed by atoms with E-state index in [0.717, 1.165) is 11.3 Å². The van der Waals surface area contributed by atoms with Crippen LogP contribution in [0.25, 0.3) is 0 Å². The number of nitrogens with one attached hydrogen (secondary N) is 2. The van der Waals surface area contributed by atoms with Crippen LogP contribution >= 0.6 is 46.3 Å². The van der Waals surface area contributed by atoms with Crippen molar-refractivity contribution in [2.45, 2.75) is 23.4 Å². The second-order valence-corrected chi connectivity index (χ2v) is 9.40.